The monoisotopic (exact) mass is 268 g/mol. The first-order valence-corrected chi connectivity index (χ1v) is 8.39. The smallest absolute Gasteiger partial charge is 0.00471 e. The number of hydrogen-bond donors (Lipinski definition) is 1. The van der Waals surface area contributed by atoms with Gasteiger partial charge in [-0.3, -0.25) is 0 Å². The molecule has 0 amide bonds. The summed E-state index contributed by atoms with van der Waals surface area (Å²) in [6.45, 7) is 13.0. The maximum atomic E-state index is 3.71. The van der Waals surface area contributed by atoms with E-state index in [1.54, 1.807) is 0 Å². The van der Waals surface area contributed by atoms with Crippen LogP contribution in [0.5, 0.6) is 0 Å². The third-order valence-corrected chi connectivity index (χ3v) is 4.72. The van der Waals surface area contributed by atoms with Crippen molar-refractivity contribution in [2.45, 2.75) is 72.3 Å². The van der Waals surface area contributed by atoms with Crippen LogP contribution in [0.4, 0.5) is 0 Å². The lowest BCUT2D eigenvalue weighted by Crippen LogP contribution is -2.46. The topological polar surface area (TPSA) is 15.3 Å². The zero-order chi connectivity index (χ0) is 14.3. The van der Waals surface area contributed by atoms with Crippen molar-refractivity contribution in [1.29, 1.82) is 0 Å². The quantitative estimate of drug-likeness (QED) is 0.718. The number of nitrogens with zero attached hydrogens (tertiary/aromatic N) is 1. The molecule has 1 fully saturated rings. The molecule has 1 saturated carbocycles. The maximum absolute atomic E-state index is 3.71. The highest BCUT2D eigenvalue weighted by molar-refractivity contribution is 4.89. The Bertz CT molecular complexity index is 229. The molecule has 0 radical (unpaired) electrons. The second-order valence-electron chi connectivity index (χ2n) is 7.31. The van der Waals surface area contributed by atoms with Crippen LogP contribution in [0.25, 0.3) is 0 Å². The molecule has 0 unspecified atom stereocenters. The van der Waals surface area contributed by atoms with Gasteiger partial charge in [0.1, 0.15) is 0 Å². The second-order valence-corrected chi connectivity index (χ2v) is 7.31. The summed E-state index contributed by atoms with van der Waals surface area (Å²) in [6, 6.07) is 0.608. The predicted molar refractivity (Wildman–Crippen MR) is 85.6 cm³/mol. The summed E-state index contributed by atoms with van der Waals surface area (Å²) in [5.41, 5.74) is 0.527. The van der Waals surface area contributed by atoms with Crippen LogP contribution in [0, 0.1) is 11.3 Å². The number of hydrogen-bond acceptors (Lipinski definition) is 2. The van der Waals surface area contributed by atoms with Gasteiger partial charge in [-0.05, 0) is 44.2 Å². The molecule has 19 heavy (non-hydrogen) atoms. The predicted octanol–water partition coefficient (Wildman–Crippen LogP) is 3.91. The van der Waals surface area contributed by atoms with Gasteiger partial charge in [0.25, 0.3) is 0 Å². The molecule has 0 spiro atoms. The van der Waals surface area contributed by atoms with E-state index < -0.39 is 0 Å². The molecule has 2 heteroatoms. The Morgan fingerprint density at radius 2 is 1.89 bits per heavy atom. The van der Waals surface area contributed by atoms with Crippen molar-refractivity contribution in [3.63, 3.8) is 0 Å². The molecule has 0 aromatic carbocycles. The average Bonchev–Trinajstić information content (AvgIpc) is 2.37. The highest BCUT2D eigenvalue weighted by Gasteiger charge is 2.34. The van der Waals surface area contributed by atoms with Gasteiger partial charge >= 0.3 is 0 Å². The Morgan fingerprint density at radius 3 is 2.42 bits per heavy atom. The lowest BCUT2D eigenvalue weighted by atomic mass is 9.70. The van der Waals surface area contributed by atoms with Crippen molar-refractivity contribution >= 4 is 0 Å². The number of nitrogens with one attached hydrogen (secondary N) is 1. The van der Waals surface area contributed by atoms with Crippen LogP contribution < -0.4 is 5.32 Å². The molecule has 2 nitrogen and oxygen atoms in total. The summed E-state index contributed by atoms with van der Waals surface area (Å²) in [5, 5.41) is 3.71. The molecule has 0 aliphatic heterocycles. The van der Waals surface area contributed by atoms with Crippen LogP contribution in [0.2, 0.25) is 0 Å². The summed E-state index contributed by atoms with van der Waals surface area (Å²) in [5.74, 6) is 0.938. The largest absolute Gasteiger partial charge is 0.314 e. The SMILES string of the molecule is CCCCN(C)CC1(CNC(C)C)CCC(C)CC1. The Kier molecular flexibility index (Phi) is 7.38. The third-order valence-electron chi connectivity index (χ3n) is 4.72. The molecule has 0 aromatic rings. The molecule has 1 rings (SSSR count). The van der Waals surface area contributed by atoms with E-state index >= 15 is 0 Å². The minimum absolute atomic E-state index is 0.527. The highest BCUT2D eigenvalue weighted by atomic mass is 15.1. The van der Waals surface area contributed by atoms with Gasteiger partial charge in [0.2, 0.25) is 0 Å². The first kappa shape index (κ1) is 17.0. The normalized spacial score (nSPS) is 28.3. The molecule has 0 heterocycles. The van der Waals surface area contributed by atoms with Gasteiger partial charge < -0.3 is 10.2 Å². The summed E-state index contributed by atoms with van der Waals surface area (Å²) in [6.07, 6.45) is 8.29. The van der Waals surface area contributed by atoms with Crippen LogP contribution in [-0.4, -0.2) is 37.6 Å². The van der Waals surface area contributed by atoms with Crippen LogP contribution in [0.15, 0.2) is 0 Å². The minimum Gasteiger partial charge on any atom is -0.314 e. The van der Waals surface area contributed by atoms with E-state index in [4.69, 9.17) is 0 Å². The van der Waals surface area contributed by atoms with Gasteiger partial charge in [-0.2, -0.15) is 0 Å². The van der Waals surface area contributed by atoms with Crippen molar-refractivity contribution in [2.75, 3.05) is 26.7 Å². The Balaban J connectivity index is 2.53. The zero-order valence-electron chi connectivity index (χ0n) is 14.0. The molecular formula is C17H36N2. The van der Waals surface area contributed by atoms with Crippen LogP contribution in [-0.2, 0) is 0 Å². The van der Waals surface area contributed by atoms with Gasteiger partial charge in [-0.15, -0.1) is 0 Å². The third kappa shape index (κ3) is 6.27. The fourth-order valence-corrected chi connectivity index (χ4v) is 3.27. The summed E-state index contributed by atoms with van der Waals surface area (Å²) in [4.78, 5) is 2.57. The van der Waals surface area contributed by atoms with Crippen molar-refractivity contribution in [3.05, 3.63) is 0 Å². The van der Waals surface area contributed by atoms with Gasteiger partial charge in [-0.1, -0.05) is 47.0 Å². The highest BCUT2D eigenvalue weighted by Crippen LogP contribution is 2.39. The molecule has 0 saturated heterocycles. The molecule has 0 atom stereocenters. The lowest BCUT2D eigenvalue weighted by molar-refractivity contribution is 0.0961. The van der Waals surface area contributed by atoms with Gasteiger partial charge in [0, 0.05) is 19.1 Å². The van der Waals surface area contributed by atoms with E-state index in [-0.39, 0.29) is 0 Å². The zero-order valence-corrected chi connectivity index (χ0v) is 14.0. The van der Waals surface area contributed by atoms with Crippen molar-refractivity contribution in [3.8, 4) is 0 Å². The van der Waals surface area contributed by atoms with Crippen LogP contribution in [0.3, 0.4) is 0 Å². The fraction of sp³-hybridized carbons (Fsp3) is 1.00. The molecule has 1 aliphatic carbocycles. The number of unbranched alkanes of at least 4 members (excludes halogenated alkanes) is 1. The molecule has 114 valence electrons. The molecule has 0 bridgehead atoms. The van der Waals surface area contributed by atoms with E-state index in [0.717, 1.165) is 5.92 Å². The van der Waals surface area contributed by atoms with Gasteiger partial charge in [0.15, 0.2) is 0 Å². The standard InChI is InChI=1S/C17H36N2/c1-6-7-12-19(5)14-17(13-18-15(2)3)10-8-16(4)9-11-17/h15-16,18H,6-14H2,1-5H3. The Labute approximate surface area is 121 Å². The van der Waals surface area contributed by atoms with Crippen LogP contribution in [0.1, 0.15) is 66.2 Å². The number of rotatable bonds is 8. The molecule has 1 N–H and O–H groups in total. The van der Waals surface area contributed by atoms with E-state index in [1.165, 1.54) is 58.2 Å². The van der Waals surface area contributed by atoms with Crippen molar-refractivity contribution in [2.24, 2.45) is 11.3 Å². The van der Waals surface area contributed by atoms with Crippen molar-refractivity contribution < 1.29 is 0 Å². The summed E-state index contributed by atoms with van der Waals surface area (Å²) >= 11 is 0. The van der Waals surface area contributed by atoms with E-state index in [0.29, 0.717) is 11.5 Å². The molecule has 0 aromatic heterocycles. The first-order chi connectivity index (χ1) is 8.97. The minimum atomic E-state index is 0.527. The average molecular weight is 268 g/mol. The van der Waals surface area contributed by atoms with Crippen molar-refractivity contribution in [1.82, 2.24) is 10.2 Å². The second kappa shape index (κ2) is 8.26. The van der Waals surface area contributed by atoms with E-state index in [2.05, 4.69) is 45.0 Å². The summed E-state index contributed by atoms with van der Waals surface area (Å²) < 4.78 is 0. The van der Waals surface area contributed by atoms with E-state index in [1.807, 2.05) is 0 Å². The Hall–Kier alpha value is -0.0800. The maximum Gasteiger partial charge on any atom is 0.00471 e. The molecule has 1 aliphatic rings. The van der Waals surface area contributed by atoms with E-state index in [9.17, 15) is 0 Å². The Morgan fingerprint density at radius 1 is 1.26 bits per heavy atom. The van der Waals surface area contributed by atoms with Gasteiger partial charge in [0.05, 0.1) is 0 Å². The molecular weight excluding hydrogens is 232 g/mol. The fourth-order valence-electron chi connectivity index (χ4n) is 3.27. The summed E-state index contributed by atoms with van der Waals surface area (Å²) in [7, 11) is 2.31. The first-order valence-electron chi connectivity index (χ1n) is 8.39. The van der Waals surface area contributed by atoms with Gasteiger partial charge in [-0.25, -0.2) is 0 Å². The lowest BCUT2D eigenvalue weighted by Gasteiger charge is -2.42. The van der Waals surface area contributed by atoms with Crippen LogP contribution >= 0.6 is 0 Å².